The number of carboxylic acids is 1. The molecule has 20 heavy (non-hydrogen) atoms. The molecule has 2 rings (SSSR count). The van der Waals surface area contributed by atoms with Crippen molar-refractivity contribution in [3.8, 4) is 0 Å². The van der Waals surface area contributed by atoms with Gasteiger partial charge in [-0.25, -0.2) is 4.79 Å². The number of amides is 1. The molecule has 6 heteroatoms. The van der Waals surface area contributed by atoms with Gasteiger partial charge < -0.3 is 19.7 Å². The van der Waals surface area contributed by atoms with Crippen molar-refractivity contribution in [3.05, 3.63) is 24.0 Å². The Hall–Kier alpha value is -1.82. The molecule has 0 radical (unpaired) electrons. The summed E-state index contributed by atoms with van der Waals surface area (Å²) in [7, 11) is 0. The Morgan fingerprint density at radius 3 is 2.65 bits per heavy atom. The second kappa shape index (κ2) is 6.56. The molecule has 1 fully saturated rings. The molecule has 1 aromatic rings. The van der Waals surface area contributed by atoms with Crippen LogP contribution in [0.3, 0.4) is 0 Å². The molecule has 6 nitrogen and oxygen atoms in total. The minimum absolute atomic E-state index is 0.00509. The highest BCUT2D eigenvalue weighted by atomic mass is 16.4. The third kappa shape index (κ3) is 3.19. The quantitative estimate of drug-likeness (QED) is 0.812. The predicted molar refractivity (Wildman–Crippen MR) is 72.4 cm³/mol. The van der Waals surface area contributed by atoms with Crippen LogP contribution in [0.5, 0.6) is 0 Å². The van der Waals surface area contributed by atoms with Crippen molar-refractivity contribution >= 4 is 11.9 Å². The molecular weight excluding hydrogens is 260 g/mol. The van der Waals surface area contributed by atoms with Crippen LogP contribution >= 0.6 is 0 Å². The van der Waals surface area contributed by atoms with Gasteiger partial charge in [-0.15, -0.1) is 0 Å². The summed E-state index contributed by atoms with van der Waals surface area (Å²) < 4.78 is 1.43. The SMILES string of the molecule is O=C(O)c1cccn1CC(=O)N(CCO)C1CCCC1. The third-order valence-electron chi connectivity index (χ3n) is 3.78. The summed E-state index contributed by atoms with van der Waals surface area (Å²) in [6, 6.07) is 3.27. The van der Waals surface area contributed by atoms with Crippen LogP contribution in [0.2, 0.25) is 0 Å². The zero-order valence-corrected chi connectivity index (χ0v) is 11.4. The van der Waals surface area contributed by atoms with E-state index in [0.717, 1.165) is 25.7 Å². The second-order valence-corrected chi connectivity index (χ2v) is 5.08. The van der Waals surface area contributed by atoms with E-state index in [9.17, 15) is 9.59 Å². The van der Waals surface area contributed by atoms with Crippen LogP contribution in [0.15, 0.2) is 18.3 Å². The monoisotopic (exact) mass is 280 g/mol. The summed E-state index contributed by atoms with van der Waals surface area (Å²) in [6.07, 6.45) is 5.72. The fourth-order valence-corrected chi connectivity index (χ4v) is 2.82. The van der Waals surface area contributed by atoms with E-state index in [0.29, 0.717) is 6.54 Å². The summed E-state index contributed by atoms with van der Waals surface area (Å²) >= 11 is 0. The number of aliphatic hydroxyl groups excluding tert-OH is 1. The zero-order valence-electron chi connectivity index (χ0n) is 11.4. The molecule has 1 saturated carbocycles. The molecule has 2 N–H and O–H groups in total. The molecule has 1 heterocycles. The number of carbonyl (C=O) groups excluding carboxylic acids is 1. The van der Waals surface area contributed by atoms with Crippen molar-refractivity contribution in [1.82, 2.24) is 9.47 Å². The molecule has 0 spiro atoms. The lowest BCUT2D eigenvalue weighted by atomic mass is 10.2. The van der Waals surface area contributed by atoms with Crippen LogP contribution in [-0.4, -0.2) is 50.8 Å². The van der Waals surface area contributed by atoms with Gasteiger partial charge in [0.05, 0.1) is 6.61 Å². The number of aliphatic hydroxyl groups is 1. The van der Waals surface area contributed by atoms with Crippen molar-refractivity contribution in [2.24, 2.45) is 0 Å². The minimum atomic E-state index is -1.04. The first-order valence-electron chi connectivity index (χ1n) is 6.92. The highest BCUT2D eigenvalue weighted by molar-refractivity contribution is 5.87. The van der Waals surface area contributed by atoms with E-state index in [1.807, 2.05) is 0 Å². The average molecular weight is 280 g/mol. The predicted octanol–water partition coefficient (Wildman–Crippen LogP) is 0.950. The van der Waals surface area contributed by atoms with E-state index in [-0.39, 0.29) is 30.8 Å². The molecule has 110 valence electrons. The number of nitrogens with zero attached hydrogens (tertiary/aromatic N) is 2. The van der Waals surface area contributed by atoms with Gasteiger partial charge in [0.15, 0.2) is 0 Å². The van der Waals surface area contributed by atoms with Gasteiger partial charge in [0.2, 0.25) is 5.91 Å². The lowest BCUT2D eigenvalue weighted by molar-refractivity contribution is -0.134. The third-order valence-corrected chi connectivity index (χ3v) is 3.78. The molecule has 0 aromatic carbocycles. The van der Waals surface area contributed by atoms with Crippen LogP contribution in [0.25, 0.3) is 0 Å². The van der Waals surface area contributed by atoms with Crippen molar-refractivity contribution in [3.63, 3.8) is 0 Å². The van der Waals surface area contributed by atoms with Gasteiger partial charge in [-0.3, -0.25) is 4.79 Å². The minimum Gasteiger partial charge on any atom is -0.477 e. The van der Waals surface area contributed by atoms with E-state index in [1.54, 1.807) is 17.2 Å². The smallest absolute Gasteiger partial charge is 0.352 e. The molecule has 1 aliphatic rings. The molecule has 1 amide bonds. The van der Waals surface area contributed by atoms with Gasteiger partial charge in [0.1, 0.15) is 12.2 Å². The molecule has 0 bridgehead atoms. The Morgan fingerprint density at radius 2 is 2.05 bits per heavy atom. The molecular formula is C14H20N2O4. The molecule has 0 saturated heterocycles. The zero-order chi connectivity index (χ0) is 14.5. The van der Waals surface area contributed by atoms with E-state index in [4.69, 9.17) is 10.2 Å². The fourth-order valence-electron chi connectivity index (χ4n) is 2.82. The second-order valence-electron chi connectivity index (χ2n) is 5.08. The van der Waals surface area contributed by atoms with Crippen molar-refractivity contribution in [1.29, 1.82) is 0 Å². The first-order valence-corrected chi connectivity index (χ1v) is 6.92. The first-order chi connectivity index (χ1) is 9.63. The number of carboxylic acid groups (broad SMARTS) is 1. The Labute approximate surface area is 117 Å². The van der Waals surface area contributed by atoms with Crippen molar-refractivity contribution < 1.29 is 19.8 Å². The first kappa shape index (κ1) is 14.6. The van der Waals surface area contributed by atoms with E-state index in [2.05, 4.69) is 0 Å². The Balaban J connectivity index is 2.07. The largest absolute Gasteiger partial charge is 0.477 e. The van der Waals surface area contributed by atoms with E-state index in [1.165, 1.54) is 10.6 Å². The van der Waals surface area contributed by atoms with Gasteiger partial charge in [0.25, 0.3) is 0 Å². The number of aromatic nitrogens is 1. The van der Waals surface area contributed by atoms with Crippen LogP contribution in [-0.2, 0) is 11.3 Å². The van der Waals surface area contributed by atoms with Crippen molar-refractivity contribution in [2.75, 3.05) is 13.2 Å². The van der Waals surface area contributed by atoms with Crippen molar-refractivity contribution in [2.45, 2.75) is 38.3 Å². The molecule has 1 aliphatic carbocycles. The van der Waals surface area contributed by atoms with Gasteiger partial charge in [0, 0.05) is 18.8 Å². The van der Waals surface area contributed by atoms with Crippen LogP contribution in [0.4, 0.5) is 0 Å². The maximum absolute atomic E-state index is 12.4. The summed E-state index contributed by atoms with van der Waals surface area (Å²) in [5, 5.41) is 18.2. The molecule has 0 unspecified atom stereocenters. The number of hydrogen-bond acceptors (Lipinski definition) is 3. The Kier molecular flexibility index (Phi) is 4.79. The Bertz CT molecular complexity index is 477. The average Bonchev–Trinajstić information content (AvgIpc) is 3.06. The number of carbonyl (C=O) groups is 2. The van der Waals surface area contributed by atoms with Gasteiger partial charge >= 0.3 is 5.97 Å². The van der Waals surface area contributed by atoms with Gasteiger partial charge in [-0.2, -0.15) is 0 Å². The summed E-state index contributed by atoms with van der Waals surface area (Å²) in [5.41, 5.74) is 0.105. The fraction of sp³-hybridized carbons (Fsp3) is 0.571. The normalized spacial score (nSPS) is 15.4. The molecule has 0 aliphatic heterocycles. The molecule has 1 aromatic heterocycles. The van der Waals surface area contributed by atoms with Crippen LogP contribution in [0.1, 0.15) is 36.2 Å². The van der Waals surface area contributed by atoms with Crippen LogP contribution < -0.4 is 0 Å². The summed E-state index contributed by atoms with van der Waals surface area (Å²) in [4.78, 5) is 25.1. The van der Waals surface area contributed by atoms with Gasteiger partial charge in [-0.05, 0) is 25.0 Å². The maximum atomic E-state index is 12.4. The summed E-state index contributed by atoms with van der Waals surface area (Å²) in [5.74, 6) is -1.18. The number of rotatable bonds is 6. The standard InChI is InChI=1S/C14H20N2O4/c17-9-8-16(11-4-1-2-5-11)13(18)10-15-7-3-6-12(15)14(19)20/h3,6-7,11,17H,1-2,4-5,8-10H2,(H,19,20). The lowest BCUT2D eigenvalue weighted by Gasteiger charge is -2.28. The number of hydrogen-bond donors (Lipinski definition) is 2. The topological polar surface area (TPSA) is 82.8 Å². The highest BCUT2D eigenvalue weighted by Gasteiger charge is 2.26. The maximum Gasteiger partial charge on any atom is 0.352 e. The summed E-state index contributed by atoms with van der Waals surface area (Å²) in [6.45, 7) is 0.248. The molecule has 0 atom stereocenters. The van der Waals surface area contributed by atoms with E-state index >= 15 is 0 Å². The Morgan fingerprint density at radius 1 is 1.35 bits per heavy atom. The lowest BCUT2D eigenvalue weighted by Crippen LogP contribution is -2.42. The van der Waals surface area contributed by atoms with E-state index < -0.39 is 5.97 Å². The van der Waals surface area contributed by atoms with Gasteiger partial charge in [-0.1, -0.05) is 12.8 Å². The highest BCUT2D eigenvalue weighted by Crippen LogP contribution is 2.23. The number of aromatic carboxylic acids is 1. The van der Waals surface area contributed by atoms with Crippen LogP contribution in [0, 0.1) is 0 Å².